The average Bonchev–Trinajstić information content (AvgIpc) is 2.71. The predicted octanol–water partition coefficient (Wildman–Crippen LogP) is 3.68. The predicted molar refractivity (Wildman–Crippen MR) is 107 cm³/mol. The second-order valence-electron chi connectivity index (χ2n) is 7.07. The molecule has 2 aromatic carbocycles. The third-order valence-corrected chi connectivity index (χ3v) is 5.10. The summed E-state index contributed by atoms with van der Waals surface area (Å²) < 4.78 is 13.0. The van der Waals surface area contributed by atoms with Gasteiger partial charge in [0.25, 0.3) is 5.91 Å². The van der Waals surface area contributed by atoms with E-state index < -0.39 is 0 Å². The monoisotopic (exact) mass is 390 g/mol. The Balaban J connectivity index is 1.38. The molecule has 0 saturated carbocycles. The maximum Gasteiger partial charge on any atom is 0.257 e. The molecule has 2 amide bonds. The maximum absolute atomic E-state index is 13.0. The molecule has 29 heavy (non-hydrogen) atoms. The van der Waals surface area contributed by atoms with Crippen molar-refractivity contribution >= 4 is 28.4 Å². The number of carbonyl (C=O) groups is 2. The van der Waals surface area contributed by atoms with Crippen molar-refractivity contribution in [3.8, 4) is 0 Å². The number of benzene rings is 2. The number of nitrogens with one attached hydrogen (secondary N) is 2. The smallest absolute Gasteiger partial charge is 0.257 e. The van der Waals surface area contributed by atoms with Gasteiger partial charge in [-0.05, 0) is 42.7 Å². The van der Waals surface area contributed by atoms with Gasteiger partial charge in [0, 0.05) is 22.7 Å². The first kappa shape index (κ1) is 18.7. The number of nitrogens with zero attached hydrogens (tertiary/aromatic N) is 2. The van der Waals surface area contributed by atoms with Crippen molar-refractivity contribution < 1.29 is 14.0 Å². The van der Waals surface area contributed by atoms with Crippen LogP contribution in [0.2, 0.25) is 0 Å². The number of hydrogen-bond donors (Lipinski definition) is 2. The highest BCUT2D eigenvalue weighted by Crippen LogP contribution is 2.32. The molecule has 1 aliphatic carbocycles. The lowest BCUT2D eigenvalue weighted by Gasteiger charge is -2.30. The van der Waals surface area contributed by atoms with Crippen LogP contribution in [0.4, 0.5) is 10.1 Å². The molecule has 4 rings (SSSR count). The van der Waals surface area contributed by atoms with E-state index >= 15 is 0 Å². The van der Waals surface area contributed by atoms with E-state index in [0.717, 1.165) is 11.1 Å². The molecule has 1 aliphatic rings. The van der Waals surface area contributed by atoms with E-state index in [1.807, 2.05) is 31.2 Å². The minimum Gasteiger partial charge on any atom is -0.326 e. The van der Waals surface area contributed by atoms with Crippen LogP contribution in [0, 0.1) is 17.7 Å². The number of amides is 2. The molecule has 2 unspecified atom stereocenters. The van der Waals surface area contributed by atoms with E-state index in [0.29, 0.717) is 23.2 Å². The zero-order valence-corrected chi connectivity index (χ0v) is 15.7. The molecular weight excluding hydrogens is 371 g/mol. The van der Waals surface area contributed by atoms with E-state index in [2.05, 4.69) is 20.8 Å². The molecule has 0 saturated heterocycles. The Bertz CT molecular complexity index is 1110. The Labute approximate surface area is 166 Å². The number of allylic oxidation sites excluding steroid dienone is 2. The van der Waals surface area contributed by atoms with Gasteiger partial charge in [-0.25, -0.2) is 4.39 Å². The van der Waals surface area contributed by atoms with Gasteiger partial charge in [-0.1, -0.05) is 31.2 Å². The molecule has 146 valence electrons. The summed E-state index contributed by atoms with van der Waals surface area (Å²) in [7, 11) is 0. The van der Waals surface area contributed by atoms with Crippen molar-refractivity contribution in [3.63, 3.8) is 0 Å². The van der Waals surface area contributed by atoms with Crippen LogP contribution in [0.1, 0.15) is 23.7 Å². The molecule has 3 aromatic rings. The quantitative estimate of drug-likeness (QED) is 0.696. The van der Waals surface area contributed by atoms with E-state index in [9.17, 15) is 14.0 Å². The fraction of sp³-hybridized carbons (Fsp3) is 0.182. The van der Waals surface area contributed by atoms with Crippen LogP contribution < -0.4 is 10.6 Å². The number of rotatable bonds is 5. The van der Waals surface area contributed by atoms with Crippen molar-refractivity contribution in [3.05, 3.63) is 77.9 Å². The molecule has 0 aliphatic heterocycles. The first-order valence-corrected chi connectivity index (χ1v) is 9.30. The third-order valence-electron chi connectivity index (χ3n) is 5.10. The molecule has 7 heteroatoms. The van der Waals surface area contributed by atoms with E-state index in [4.69, 9.17) is 0 Å². The van der Waals surface area contributed by atoms with Crippen LogP contribution in [0.25, 0.3) is 10.9 Å². The lowest BCUT2D eigenvalue weighted by Crippen LogP contribution is -2.35. The lowest BCUT2D eigenvalue weighted by molar-refractivity contribution is -0.120. The summed E-state index contributed by atoms with van der Waals surface area (Å²) >= 11 is 0. The van der Waals surface area contributed by atoms with Gasteiger partial charge in [-0.2, -0.15) is 10.2 Å². The Kier molecular flexibility index (Phi) is 5.03. The summed E-state index contributed by atoms with van der Waals surface area (Å²) in [5, 5.41) is 14.3. The highest BCUT2D eigenvalue weighted by atomic mass is 19.1. The van der Waals surface area contributed by atoms with Gasteiger partial charge in [-0.3, -0.25) is 9.59 Å². The molecule has 1 heterocycles. The van der Waals surface area contributed by atoms with Gasteiger partial charge in [-0.15, -0.1) is 0 Å². The van der Waals surface area contributed by atoms with E-state index in [1.54, 1.807) is 6.07 Å². The average molecular weight is 390 g/mol. The summed E-state index contributed by atoms with van der Waals surface area (Å²) in [6.07, 6.45) is 3.94. The van der Waals surface area contributed by atoms with Crippen LogP contribution in [0.15, 0.2) is 66.5 Å². The van der Waals surface area contributed by atoms with Gasteiger partial charge >= 0.3 is 0 Å². The molecule has 2 atom stereocenters. The number of carbonyl (C=O) groups excluding carboxylic acids is 2. The second-order valence-corrected chi connectivity index (χ2v) is 7.07. The second kappa shape index (κ2) is 7.79. The summed E-state index contributed by atoms with van der Waals surface area (Å²) in [6.45, 7) is 1.83. The number of fused-ring (bicyclic) bond motifs is 1. The molecule has 0 fully saturated rings. The zero-order valence-electron chi connectivity index (χ0n) is 15.7. The molecule has 2 N–H and O–H groups in total. The Morgan fingerprint density at radius 2 is 1.83 bits per heavy atom. The fourth-order valence-corrected chi connectivity index (χ4v) is 3.28. The maximum atomic E-state index is 13.0. The summed E-state index contributed by atoms with van der Waals surface area (Å²) in [5.74, 6) is -0.991. The van der Waals surface area contributed by atoms with Crippen LogP contribution >= 0.6 is 0 Å². The number of anilines is 1. The first-order valence-electron chi connectivity index (χ1n) is 9.30. The number of halogens is 1. The van der Waals surface area contributed by atoms with Gasteiger partial charge in [0.2, 0.25) is 5.91 Å². The highest BCUT2D eigenvalue weighted by molar-refractivity contribution is 6.06. The number of hydrogen-bond acceptors (Lipinski definition) is 4. The Morgan fingerprint density at radius 1 is 1.10 bits per heavy atom. The number of aromatic nitrogens is 2. The van der Waals surface area contributed by atoms with Crippen molar-refractivity contribution in [2.75, 3.05) is 5.32 Å². The van der Waals surface area contributed by atoms with Crippen molar-refractivity contribution in [1.29, 1.82) is 0 Å². The summed E-state index contributed by atoms with van der Waals surface area (Å²) in [4.78, 5) is 25.0. The van der Waals surface area contributed by atoms with Crippen LogP contribution in [-0.4, -0.2) is 22.0 Å². The van der Waals surface area contributed by atoms with Gasteiger partial charge < -0.3 is 10.6 Å². The Hall–Kier alpha value is -3.61. The minimum absolute atomic E-state index is 0.0260. The summed E-state index contributed by atoms with van der Waals surface area (Å²) in [5.41, 5.74) is 2.45. The standard InChI is InChI=1S/C22H19FN4O2/c1-13(21(28)25-16-8-6-15(23)7-9-16)14-10-17(11-14)26-22(29)19-12-24-27-20-5-3-2-4-18(19)20/h2-10,12-14H,11H2,1H3,(H,25,28)(H,26,29). The first-order chi connectivity index (χ1) is 14.0. The molecule has 0 spiro atoms. The van der Waals surface area contributed by atoms with Crippen molar-refractivity contribution in [2.45, 2.75) is 13.3 Å². The topological polar surface area (TPSA) is 84.0 Å². The molecular formula is C22H19FN4O2. The largest absolute Gasteiger partial charge is 0.326 e. The van der Waals surface area contributed by atoms with E-state index in [-0.39, 0.29) is 29.5 Å². The molecule has 6 nitrogen and oxygen atoms in total. The SMILES string of the molecule is CC(C(=O)Nc1ccc(F)cc1)C1C=C(NC(=O)c2cnnc3ccccc23)C1. The van der Waals surface area contributed by atoms with Gasteiger partial charge in [0.1, 0.15) is 5.82 Å². The molecule has 0 radical (unpaired) electrons. The van der Waals surface area contributed by atoms with Crippen LogP contribution in [-0.2, 0) is 4.79 Å². The molecule has 1 aromatic heterocycles. The normalized spacial score (nSPS) is 16.5. The van der Waals surface area contributed by atoms with Gasteiger partial charge in [0.05, 0.1) is 17.3 Å². The Morgan fingerprint density at radius 3 is 2.59 bits per heavy atom. The van der Waals surface area contributed by atoms with Crippen LogP contribution in [0.3, 0.4) is 0 Å². The minimum atomic E-state index is -0.351. The zero-order chi connectivity index (χ0) is 20.4. The van der Waals surface area contributed by atoms with Gasteiger partial charge in [0.15, 0.2) is 0 Å². The van der Waals surface area contributed by atoms with Crippen molar-refractivity contribution in [1.82, 2.24) is 15.5 Å². The van der Waals surface area contributed by atoms with Crippen LogP contribution in [0.5, 0.6) is 0 Å². The fourth-order valence-electron chi connectivity index (χ4n) is 3.28. The summed E-state index contributed by atoms with van der Waals surface area (Å²) in [6, 6.07) is 13.0. The third kappa shape index (κ3) is 3.99. The lowest BCUT2D eigenvalue weighted by atomic mass is 9.80. The highest BCUT2D eigenvalue weighted by Gasteiger charge is 2.30. The molecule has 0 bridgehead atoms. The van der Waals surface area contributed by atoms with Crippen molar-refractivity contribution in [2.24, 2.45) is 11.8 Å². The van der Waals surface area contributed by atoms with E-state index in [1.165, 1.54) is 30.5 Å².